The molecule has 24 heavy (non-hydrogen) atoms. The number of piperidine rings is 1. The van der Waals surface area contributed by atoms with Gasteiger partial charge in [0.25, 0.3) is 0 Å². The van der Waals surface area contributed by atoms with E-state index in [0.717, 1.165) is 41.1 Å². The first kappa shape index (κ1) is 14.8. The van der Waals surface area contributed by atoms with E-state index in [-0.39, 0.29) is 0 Å². The standard InChI is InChI=1S/C19H18N4O/c24-22-16-6-4-5-14(11-16)15-7-8-17-18(12-15)21-19(13-20-17)23-9-2-1-3-10-23/h4-8,11-13H,1-3,9-10H2. The molecule has 0 N–H and O–H groups in total. The molecule has 2 aromatic carbocycles. The lowest BCUT2D eigenvalue weighted by molar-refractivity contribution is 0.573. The number of hydrogen-bond acceptors (Lipinski definition) is 5. The van der Waals surface area contributed by atoms with Crippen LogP contribution in [0.15, 0.2) is 53.8 Å². The summed E-state index contributed by atoms with van der Waals surface area (Å²) in [6, 6.07) is 13.3. The highest BCUT2D eigenvalue weighted by molar-refractivity contribution is 5.82. The predicted octanol–water partition coefficient (Wildman–Crippen LogP) is 4.69. The number of hydrogen-bond donors (Lipinski definition) is 0. The molecule has 5 heteroatoms. The van der Waals surface area contributed by atoms with Gasteiger partial charge in [-0.1, -0.05) is 18.2 Å². The Hall–Kier alpha value is -2.82. The van der Waals surface area contributed by atoms with Gasteiger partial charge in [0, 0.05) is 13.1 Å². The highest BCUT2D eigenvalue weighted by Crippen LogP contribution is 2.27. The van der Waals surface area contributed by atoms with Gasteiger partial charge in [-0.05, 0) is 59.8 Å². The molecule has 120 valence electrons. The van der Waals surface area contributed by atoms with E-state index in [9.17, 15) is 4.91 Å². The van der Waals surface area contributed by atoms with E-state index in [1.54, 1.807) is 12.1 Å². The number of aromatic nitrogens is 2. The minimum absolute atomic E-state index is 0.431. The Labute approximate surface area is 140 Å². The van der Waals surface area contributed by atoms with Crippen LogP contribution in [-0.2, 0) is 0 Å². The van der Waals surface area contributed by atoms with Crippen molar-refractivity contribution >= 4 is 22.5 Å². The number of nitrogens with zero attached hydrogens (tertiary/aromatic N) is 4. The monoisotopic (exact) mass is 318 g/mol. The molecule has 1 aliphatic rings. The molecule has 0 atom stereocenters. The summed E-state index contributed by atoms with van der Waals surface area (Å²) in [5, 5.41) is 3.01. The first-order valence-corrected chi connectivity index (χ1v) is 8.29. The van der Waals surface area contributed by atoms with Gasteiger partial charge in [0.1, 0.15) is 11.5 Å². The zero-order valence-corrected chi connectivity index (χ0v) is 13.4. The molecule has 0 bridgehead atoms. The molecule has 1 aliphatic heterocycles. The minimum Gasteiger partial charge on any atom is -0.355 e. The maximum atomic E-state index is 10.7. The van der Waals surface area contributed by atoms with Crippen LogP contribution in [-0.4, -0.2) is 23.1 Å². The fraction of sp³-hybridized carbons (Fsp3) is 0.263. The van der Waals surface area contributed by atoms with Crippen LogP contribution in [0.1, 0.15) is 19.3 Å². The summed E-state index contributed by atoms with van der Waals surface area (Å²) in [5.41, 5.74) is 4.15. The zero-order valence-electron chi connectivity index (χ0n) is 13.4. The molecule has 4 rings (SSSR count). The molecule has 0 saturated carbocycles. The van der Waals surface area contributed by atoms with Crippen molar-refractivity contribution < 1.29 is 0 Å². The third-order valence-electron chi connectivity index (χ3n) is 4.49. The Morgan fingerprint density at radius 3 is 2.58 bits per heavy atom. The fourth-order valence-electron chi connectivity index (χ4n) is 3.20. The van der Waals surface area contributed by atoms with Gasteiger partial charge in [0.05, 0.1) is 17.2 Å². The van der Waals surface area contributed by atoms with E-state index in [2.05, 4.69) is 15.1 Å². The van der Waals surface area contributed by atoms with E-state index in [1.165, 1.54) is 19.3 Å². The van der Waals surface area contributed by atoms with Crippen molar-refractivity contribution in [3.05, 3.63) is 53.6 Å². The first-order chi connectivity index (χ1) is 11.8. The highest BCUT2D eigenvalue weighted by atomic mass is 16.3. The summed E-state index contributed by atoms with van der Waals surface area (Å²) >= 11 is 0. The summed E-state index contributed by atoms with van der Waals surface area (Å²) in [5.74, 6) is 0.947. The molecule has 1 aromatic heterocycles. The van der Waals surface area contributed by atoms with Crippen LogP contribution in [0.5, 0.6) is 0 Å². The second kappa shape index (κ2) is 6.35. The minimum atomic E-state index is 0.431. The number of nitroso groups, excluding NO2 is 1. The first-order valence-electron chi connectivity index (χ1n) is 8.29. The van der Waals surface area contributed by atoms with Crippen LogP contribution < -0.4 is 4.90 Å². The average molecular weight is 318 g/mol. The molecule has 1 fully saturated rings. The molecular formula is C19H18N4O. The van der Waals surface area contributed by atoms with Gasteiger partial charge in [-0.25, -0.2) is 4.98 Å². The number of fused-ring (bicyclic) bond motifs is 1. The van der Waals surface area contributed by atoms with Crippen LogP contribution >= 0.6 is 0 Å². The topological polar surface area (TPSA) is 58.5 Å². The van der Waals surface area contributed by atoms with Gasteiger partial charge >= 0.3 is 0 Å². The summed E-state index contributed by atoms with van der Waals surface area (Å²) in [4.78, 5) is 22.4. The second-order valence-electron chi connectivity index (χ2n) is 6.12. The van der Waals surface area contributed by atoms with E-state index in [0.29, 0.717) is 5.69 Å². The third-order valence-corrected chi connectivity index (χ3v) is 4.49. The summed E-state index contributed by atoms with van der Waals surface area (Å²) in [6.45, 7) is 2.10. The molecule has 0 radical (unpaired) electrons. The van der Waals surface area contributed by atoms with Gasteiger partial charge in [-0.15, -0.1) is 4.91 Å². The van der Waals surface area contributed by atoms with Crippen molar-refractivity contribution in [1.82, 2.24) is 9.97 Å². The molecule has 1 saturated heterocycles. The van der Waals surface area contributed by atoms with E-state index in [4.69, 9.17) is 4.98 Å². The normalized spacial score (nSPS) is 14.8. The molecule has 0 unspecified atom stereocenters. The fourth-order valence-corrected chi connectivity index (χ4v) is 3.20. The maximum Gasteiger partial charge on any atom is 0.147 e. The van der Waals surface area contributed by atoms with Crippen molar-refractivity contribution in [1.29, 1.82) is 0 Å². The van der Waals surface area contributed by atoms with Crippen LogP contribution in [0.4, 0.5) is 11.5 Å². The Morgan fingerprint density at radius 1 is 0.917 bits per heavy atom. The van der Waals surface area contributed by atoms with Crippen LogP contribution in [0.25, 0.3) is 22.2 Å². The van der Waals surface area contributed by atoms with Gasteiger partial charge in [0.15, 0.2) is 0 Å². The highest BCUT2D eigenvalue weighted by Gasteiger charge is 2.13. The number of rotatable bonds is 3. The lowest BCUT2D eigenvalue weighted by Gasteiger charge is -2.27. The smallest absolute Gasteiger partial charge is 0.147 e. The van der Waals surface area contributed by atoms with Crippen LogP contribution in [0.3, 0.4) is 0 Å². The van der Waals surface area contributed by atoms with Crippen molar-refractivity contribution in [3.8, 4) is 11.1 Å². The molecule has 0 aliphatic carbocycles. The van der Waals surface area contributed by atoms with E-state index in [1.807, 2.05) is 36.5 Å². The summed E-state index contributed by atoms with van der Waals surface area (Å²) < 4.78 is 0. The molecule has 0 spiro atoms. The molecular weight excluding hydrogens is 300 g/mol. The van der Waals surface area contributed by atoms with Crippen molar-refractivity contribution in [3.63, 3.8) is 0 Å². The maximum absolute atomic E-state index is 10.7. The third kappa shape index (κ3) is 2.85. The Bertz CT molecular complexity index is 887. The van der Waals surface area contributed by atoms with Crippen LogP contribution in [0.2, 0.25) is 0 Å². The predicted molar refractivity (Wildman–Crippen MR) is 96.5 cm³/mol. The quantitative estimate of drug-likeness (QED) is 0.658. The molecule has 5 nitrogen and oxygen atoms in total. The van der Waals surface area contributed by atoms with E-state index >= 15 is 0 Å². The zero-order chi connectivity index (χ0) is 16.4. The number of anilines is 1. The Balaban J connectivity index is 1.74. The second-order valence-corrected chi connectivity index (χ2v) is 6.12. The van der Waals surface area contributed by atoms with Crippen molar-refractivity contribution in [2.75, 3.05) is 18.0 Å². The lowest BCUT2D eigenvalue weighted by atomic mass is 10.0. The van der Waals surface area contributed by atoms with Crippen molar-refractivity contribution in [2.24, 2.45) is 5.18 Å². The Kier molecular flexibility index (Phi) is 3.91. The average Bonchev–Trinajstić information content (AvgIpc) is 2.68. The van der Waals surface area contributed by atoms with Gasteiger partial charge in [0.2, 0.25) is 0 Å². The van der Waals surface area contributed by atoms with Crippen molar-refractivity contribution in [2.45, 2.75) is 19.3 Å². The lowest BCUT2D eigenvalue weighted by Crippen LogP contribution is -2.30. The van der Waals surface area contributed by atoms with Crippen LogP contribution in [0, 0.1) is 4.91 Å². The summed E-state index contributed by atoms with van der Waals surface area (Å²) in [7, 11) is 0. The van der Waals surface area contributed by atoms with E-state index < -0.39 is 0 Å². The number of benzene rings is 2. The summed E-state index contributed by atoms with van der Waals surface area (Å²) in [6.07, 6.45) is 5.59. The van der Waals surface area contributed by atoms with Gasteiger partial charge < -0.3 is 4.90 Å². The Morgan fingerprint density at radius 2 is 1.75 bits per heavy atom. The molecule has 2 heterocycles. The molecule has 3 aromatic rings. The SMILES string of the molecule is O=Nc1cccc(-c2ccc3ncc(N4CCCCC4)nc3c2)c1. The van der Waals surface area contributed by atoms with Gasteiger partial charge in [-0.3, -0.25) is 4.98 Å². The molecule has 0 amide bonds. The van der Waals surface area contributed by atoms with Gasteiger partial charge in [-0.2, -0.15) is 0 Å². The largest absolute Gasteiger partial charge is 0.355 e.